The summed E-state index contributed by atoms with van der Waals surface area (Å²) in [4.78, 5) is 14.5. The predicted octanol–water partition coefficient (Wildman–Crippen LogP) is 2.51. The van der Waals surface area contributed by atoms with Gasteiger partial charge in [0.2, 0.25) is 0 Å². The molecular formula is C17H16ClN5O. The standard InChI is InChI=1S/C17H16ClN5O/c18-15-4-2-1-3-12(15)10-23-11-14(8-20-23)17(24)22-6-5-16-13(9-22)7-19-21-16/h1-4,7-8,11H,5-6,9-10H2,(H,19,21). The summed E-state index contributed by atoms with van der Waals surface area (Å²) in [5.41, 5.74) is 3.77. The predicted molar refractivity (Wildman–Crippen MR) is 89.8 cm³/mol. The average Bonchev–Trinajstić information content (AvgIpc) is 3.24. The molecule has 0 saturated carbocycles. The molecule has 0 saturated heterocycles. The highest BCUT2D eigenvalue weighted by atomic mass is 35.5. The van der Waals surface area contributed by atoms with Crippen LogP contribution >= 0.6 is 11.6 Å². The van der Waals surface area contributed by atoms with E-state index >= 15 is 0 Å². The third-order valence-electron chi connectivity index (χ3n) is 4.26. The number of aromatic nitrogens is 4. The normalized spacial score (nSPS) is 13.8. The zero-order chi connectivity index (χ0) is 16.5. The highest BCUT2D eigenvalue weighted by Gasteiger charge is 2.23. The van der Waals surface area contributed by atoms with Gasteiger partial charge in [0.25, 0.3) is 5.91 Å². The van der Waals surface area contributed by atoms with E-state index in [-0.39, 0.29) is 5.91 Å². The van der Waals surface area contributed by atoms with Crippen LogP contribution in [0.2, 0.25) is 5.02 Å². The Bertz CT molecular complexity index is 885. The van der Waals surface area contributed by atoms with Crippen LogP contribution in [0.3, 0.4) is 0 Å². The molecular weight excluding hydrogens is 326 g/mol. The second kappa shape index (κ2) is 6.13. The van der Waals surface area contributed by atoms with Crippen molar-refractivity contribution in [1.29, 1.82) is 0 Å². The van der Waals surface area contributed by atoms with E-state index in [2.05, 4.69) is 15.3 Å². The van der Waals surface area contributed by atoms with Crippen molar-refractivity contribution >= 4 is 17.5 Å². The molecule has 122 valence electrons. The number of nitrogens with one attached hydrogen (secondary N) is 1. The maximum atomic E-state index is 12.7. The number of nitrogens with zero attached hydrogens (tertiary/aromatic N) is 4. The summed E-state index contributed by atoms with van der Waals surface area (Å²) < 4.78 is 1.74. The zero-order valence-electron chi connectivity index (χ0n) is 12.9. The number of carbonyl (C=O) groups is 1. The molecule has 3 heterocycles. The largest absolute Gasteiger partial charge is 0.334 e. The number of H-pyrrole nitrogens is 1. The number of benzene rings is 1. The number of fused-ring (bicyclic) bond motifs is 1. The molecule has 1 aliphatic heterocycles. The summed E-state index contributed by atoms with van der Waals surface area (Å²) in [7, 11) is 0. The van der Waals surface area contributed by atoms with Crippen molar-refractivity contribution < 1.29 is 4.79 Å². The topological polar surface area (TPSA) is 66.8 Å². The lowest BCUT2D eigenvalue weighted by molar-refractivity contribution is 0.0734. The highest BCUT2D eigenvalue weighted by Crippen LogP contribution is 2.19. The van der Waals surface area contributed by atoms with Crippen LogP contribution in [-0.4, -0.2) is 37.3 Å². The van der Waals surface area contributed by atoms with Crippen molar-refractivity contribution in [2.24, 2.45) is 0 Å². The quantitative estimate of drug-likeness (QED) is 0.796. The first kappa shape index (κ1) is 15.0. The van der Waals surface area contributed by atoms with Crippen LogP contribution in [0.5, 0.6) is 0 Å². The fourth-order valence-electron chi connectivity index (χ4n) is 2.94. The molecule has 0 unspecified atom stereocenters. The maximum absolute atomic E-state index is 12.7. The smallest absolute Gasteiger partial charge is 0.257 e. The van der Waals surface area contributed by atoms with E-state index in [9.17, 15) is 4.79 Å². The maximum Gasteiger partial charge on any atom is 0.257 e. The summed E-state index contributed by atoms with van der Waals surface area (Å²) in [5.74, 6) is -0.00717. The Hall–Kier alpha value is -2.60. The highest BCUT2D eigenvalue weighted by molar-refractivity contribution is 6.31. The van der Waals surface area contributed by atoms with Gasteiger partial charge in [0.05, 0.1) is 24.5 Å². The Labute approximate surface area is 144 Å². The number of hydrogen-bond donors (Lipinski definition) is 1. The lowest BCUT2D eigenvalue weighted by atomic mass is 10.1. The molecule has 6 nitrogen and oxygen atoms in total. The molecule has 0 atom stereocenters. The van der Waals surface area contributed by atoms with E-state index in [0.29, 0.717) is 30.2 Å². The van der Waals surface area contributed by atoms with E-state index in [1.54, 1.807) is 23.3 Å². The molecule has 7 heteroatoms. The Kier molecular flexibility index (Phi) is 3.82. The van der Waals surface area contributed by atoms with Gasteiger partial charge < -0.3 is 4.90 Å². The number of hydrogen-bond acceptors (Lipinski definition) is 3. The van der Waals surface area contributed by atoms with Gasteiger partial charge >= 0.3 is 0 Å². The zero-order valence-corrected chi connectivity index (χ0v) is 13.7. The first-order chi connectivity index (χ1) is 11.7. The van der Waals surface area contributed by atoms with Crippen molar-refractivity contribution in [2.45, 2.75) is 19.5 Å². The number of carbonyl (C=O) groups excluding carboxylic acids is 1. The van der Waals surface area contributed by atoms with Crippen LogP contribution in [0, 0.1) is 0 Å². The monoisotopic (exact) mass is 341 g/mol. The number of rotatable bonds is 3. The molecule has 0 bridgehead atoms. The lowest BCUT2D eigenvalue weighted by Crippen LogP contribution is -2.35. The third kappa shape index (κ3) is 2.80. The molecule has 4 rings (SSSR count). The minimum Gasteiger partial charge on any atom is -0.334 e. The fourth-order valence-corrected chi connectivity index (χ4v) is 3.14. The molecule has 3 aromatic rings. The SMILES string of the molecule is O=C(c1cnn(Cc2ccccc2Cl)c1)N1CCc2[nH]ncc2C1. The van der Waals surface area contributed by atoms with Gasteiger partial charge in [-0.15, -0.1) is 0 Å². The lowest BCUT2D eigenvalue weighted by Gasteiger charge is -2.26. The van der Waals surface area contributed by atoms with E-state index in [1.807, 2.05) is 29.2 Å². The number of amides is 1. The molecule has 0 spiro atoms. The second-order valence-corrected chi connectivity index (χ2v) is 6.28. The number of halogens is 1. The Morgan fingerprint density at radius 2 is 2.17 bits per heavy atom. The molecule has 0 radical (unpaired) electrons. The van der Waals surface area contributed by atoms with Crippen LogP contribution in [0.15, 0.2) is 42.9 Å². The van der Waals surface area contributed by atoms with Gasteiger partial charge in [-0.2, -0.15) is 10.2 Å². The van der Waals surface area contributed by atoms with Gasteiger partial charge in [-0.05, 0) is 11.6 Å². The van der Waals surface area contributed by atoms with Crippen LogP contribution in [0.25, 0.3) is 0 Å². The van der Waals surface area contributed by atoms with Crippen molar-refractivity contribution in [2.75, 3.05) is 6.54 Å². The first-order valence-electron chi connectivity index (χ1n) is 7.77. The van der Waals surface area contributed by atoms with E-state index in [0.717, 1.165) is 23.2 Å². The molecule has 24 heavy (non-hydrogen) atoms. The molecule has 1 N–H and O–H groups in total. The van der Waals surface area contributed by atoms with E-state index in [1.165, 1.54) is 0 Å². The average molecular weight is 342 g/mol. The van der Waals surface area contributed by atoms with Gasteiger partial charge in [0.1, 0.15) is 0 Å². The van der Waals surface area contributed by atoms with Gasteiger partial charge in [-0.25, -0.2) is 0 Å². The molecule has 2 aromatic heterocycles. The van der Waals surface area contributed by atoms with Gasteiger partial charge in [-0.1, -0.05) is 29.8 Å². The summed E-state index contributed by atoms with van der Waals surface area (Å²) in [6.07, 6.45) is 5.98. The van der Waals surface area contributed by atoms with Crippen molar-refractivity contribution in [3.63, 3.8) is 0 Å². The van der Waals surface area contributed by atoms with Crippen molar-refractivity contribution in [3.8, 4) is 0 Å². The van der Waals surface area contributed by atoms with Crippen LogP contribution in [-0.2, 0) is 19.5 Å². The third-order valence-corrected chi connectivity index (χ3v) is 4.63. The summed E-state index contributed by atoms with van der Waals surface area (Å²) in [6.45, 7) is 1.81. The molecule has 1 aromatic carbocycles. The molecule has 1 amide bonds. The van der Waals surface area contributed by atoms with Crippen molar-refractivity contribution in [3.05, 3.63) is 70.3 Å². The Balaban J connectivity index is 1.49. The van der Waals surface area contributed by atoms with Crippen LogP contribution in [0.1, 0.15) is 27.2 Å². The van der Waals surface area contributed by atoms with E-state index in [4.69, 9.17) is 11.6 Å². The van der Waals surface area contributed by atoms with Crippen LogP contribution < -0.4 is 0 Å². The van der Waals surface area contributed by atoms with Crippen molar-refractivity contribution in [1.82, 2.24) is 24.9 Å². The van der Waals surface area contributed by atoms with Crippen LogP contribution in [0.4, 0.5) is 0 Å². The van der Waals surface area contributed by atoms with Gasteiger partial charge in [0.15, 0.2) is 0 Å². The van der Waals surface area contributed by atoms with Gasteiger partial charge in [0, 0.05) is 42.0 Å². The summed E-state index contributed by atoms with van der Waals surface area (Å²) in [6, 6.07) is 7.64. The Morgan fingerprint density at radius 1 is 1.29 bits per heavy atom. The molecule has 1 aliphatic rings. The molecule has 0 fully saturated rings. The summed E-state index contributed by atoms with van der Waals surface area (Å²) >= 11 is 6.18. The second-order valence-electron chi connectivity index (χ2n) is 5.87. The molecule has 0 aliphatic carbocycles. The fraction of sp³-hybridized carbons (Fsp3) is 0.235. The summed E-state index contributed by atoms with van der Waals surface area (Å²) in [5, 5.41) is 12.0. The Morgan fingerprint density at radius 3 is 3.04 bits per heavy atom. The minimum absolute atomic E-state index is 0.00717. The first-order valence-corrected chi connectivity index (χ1v) is 8.15. The van der Waals surface area contributed by atoms with Gasteiger partial charge in [-0.3, -0.25) is 14.6 Å². The number of aromatic amines is 1. The van der Waals surface area contributed by atoms with E-state index < -0.39 is 0 Å². The minimum atomic E-state index is -0.00717.